The first kappa shape index (κ1) is 17.4. The van der Waals surface area contributed by atoms with E-state index in [0.29, 0.717) is 16.7 Å². The minimum atomic E-state index is -3.59. The number of nitrogens with one attached hydrogen (secondary N) is 3. The number of amides is 1. The summed E-state index contributed by atoms with van der Waals surface area (Å²) in [4.78, 5) is 11.2. The van der Waals surface area contributed by atoms with Crippen molar-refractivity contribution in [2.45, 2.75) is 31.2 Å². The topological polar surface area (TPSA) is 87.3 Å². The summed E-state index contributed by atoms with van der Waals surface area (Å²) in [5.74, 6) is 0.0784. The molecular formula is C14H20BrN3O3S. The highest BCUT2D eigenvalue weighted by molar-refractivity contribution is 9.10. The fourth-order valence-electron chi connectivity index (χ4n) is 2.37. The van der Waals surface area contributed by atoms with E-state index in [0.717, 1.165) is 13.0 Å². The molecule has 3 N–H and O–H groups in total. The number of hydrogen-bond acceptors (Lipinski definition) is 4. The van der Waals surface area contributed by atoms with Crippen LogP contribution in [0, 0.1) is 5.92 Å². The first-order chi connectivity index (χ1) is 10.3. The molecule has 1 aromatic carbocycles. The van der Waals surface area contributed by atoms with E-state index in [1.54, 1.807) is 6.07 Å². The molecule has 0 radical (unpaired) electrons. The largest absolute Gasteiger partial charge is 0.325 e. The molecule has 22 heavy (non-hydrogen) atoms. The van der Waals surface area contributed by atoms with Gasteiger partial charge in [-0.3, -0.25) is 4.79 Å². The predicted molar refractivity (Wildman–Crippen MR) is 89.2 cm³/mol. The highest BCUT2D eigenvalue weighted by Gasteiger charge is 2.27. The second-order valence-corrected chi connectivity index (χ2v) is 8.09. The molecule has 6 nitrogen and oxygen atoms in total. The lowest BCUT2D eigenvalue weighted by molar-refractivity contribution is -0.114. The summed E-state index contributed by atoms with van der Waals surface area (Å²) < 4.78 is 28.2. The molecule has 1 amide bonds. The molecule has 1 aliphatic rings. The van der Waals surface area contributed by atoms with Crippen LogP contribution >= 0.6 is 15.9 Å². The van der Waals surface area contributed by atoms with E-state index >= 15 is 0 Å². The van der Waals surface area contributed by atoms with Crippen molar-refractivity contribution in [3.63, 3.8) is 0 Å². The van der Waals surface area contributed by atoms with Crippen LogP contribution in [0.5, 0.6) is 0 Å². The first-order valence-electron chi connectivity index (χ1n) is 7.10. The minimum Gasteiger partial charge on any atom is -0.325 e. The Morgan fingerprint density at radius 3 is 2.73 bits per heavy atom. The smallest absolute Gasteiger partial charge is 0.240 e. The third-order valence-electron chi connectivity index (χ3n) is 3.70. The molecule has 1 aromatic rings. The Hall–Kier alpha value is -0.960. The predicted octanol–water partition coefficient (Wildman–Crippen LogP) is 1.68. The van der Waals surface area contributed by atoms with E-state index in [9.17, 15) is 13.2 Å². The molecule has 2 rings (SSSR count). The fourth-order valence-corrected chi connectivity index (χ4v) is 4.37. The number of rotatable bonds is 4. The van der Waals surface area contributed by atoms with E-state index in [2.05, 4.69) is 31.3 Å². The number of sulfonamides is 1. The maximum Gasteiger partial charge on any atom is 0.240 e. The quantitative estimate of drug-likeness (QED) is 0.730. The summed E-state index contributed by atoms with van der Waals surface area (Å²) in [6.07, 6.45) is 0.943. The summed E-state index contributed by atoms with van der Waals surface area (Å²) in [5, 5.41) is 5.83. The van der Waals surface area contributed by atoms with Gasteiger partial charge in [-0.05, 0) is 53.0 Å². The molecule has 0 bridgehead atoms. The Morgan fingerprint density at radius 1 is 1.41 bits per heavy atom. The standard InChI is InChI=1S/C14H20BrN3O3S/c1-9-5-6-16-8-14(9)18-22(20,21)11-3-4-13(12(15)7-11)17-10(2)19/h3-4,7,9,14,16,18H,5-6,8H2,1-2H3,(H,17,19). The number of halogens is 1. The zero-order chi connectivity index (χ0) is 16.3. The maximum absolute atomic E-state index is 12.5. The lowest BCUT2D eigenvalue weighted by atomic mass is 9.96. The number of hydrogen-bond donors (Lipinski definition) is 3. The highest BCUT2D eigenvalue weighted by Crippen LogP contribution is 2.26. The van der Waals surface area contributed by atoms with Gasteiger partial charge in [0.15, 0.2) is 0 Å². The molecule has 1 aliphatic heterocycles. The molecule has 1 saturated heterocycles. The van der Waals surface area contributed by atoms with Gasteiger partial charge in [-0.2, -0.15) is 0 Å². The molecule has 0 saturated carbocycles. The monoisotopic (exact) mass is 389 g/mol. The average molecular weight is 390 g/mol. The highest BCUT2D eigenvalue weighted by atomic mass is 79.9. The molecule has 2 unspecified atom stereocenters. The van der Waals surface area contributed by atoms with Gasteiger partial charge in [-0.15, -0.1) is 0 Å². The Morgan fingerprint density at radius 2 is 2.14 bits per heavy atom. The molecule has 122 valence electrons. The van der Waals surface area contributed by atoms with Crippen molar-refractivity contribution in [1.82, 2.24) is 10.0 Å². The summed E-state index contributed by atoms with van der Waals surface area (Å²) in [7, 11) is -3.59. The number of piperidine rings is 1. The van der Waals surface area contributed by atoms with Gasteiger partial charge in [0.1, 0.15) is 0 Å². The zero-order valence-corrected chi connectivity index (χ0v) is 14.9. The number of carbonyl (C=O) groups excluding carboxylic acids is 1. The van der Waals surface area contributed by atoms with Gasteiger partial charge in [-0.25, -0.2) is 13.1 Å². The summed E-state index contributed by atoms with van der Waals surface area (Å²) in [5.41, 5.74) is 0.541. The molecule has 8 heteroatoms. The number of anilines is 1. The molecule has 0 aliphatic carbocycles. The van der Waals surface area contributed by atoms with Crippen LogP contribution < -0.4 is 15.4 Å². The van der Waals surface area contributed by atoms with E-state index in [1.807, 2.05) is 6.92 Å². The normalized spacial score (nSPS) is 22.3. The van der Waals surface area contributed by atoms with Gasteiger partial charge >= 0.3 is 0 Å². The third kappa shape index (κ3) is 4.28. The Balaban J connectivity index is 2.18. The lowest BCUT2D eigenvalue weighted by Gasteiger charge is -2.30. The van der Waals surface area contributed by atoms with Crippen molar-refractivity contribution >= 4 is 37.5 Å². The Labute approximate surface area is 139 Å². The SMILES string of the molecule is CC(=O)Nc1ccc(S(=O)(=O)NC2CNCCC2C)cc1Br. The maximum atomic E-state index is 12.5. The van der Waals surface area contributed by atoms with Crippen molar-refractivity contribution < 1.29 is 13.2 Å². The van der Waals surface area contributed by atoms with Crippen LogP contribution in [-0.4, -0.2) is 33.5 Å². The van der Waals surface area contributed by atoms with Crippen LogP contribution in [-0.2, 0) is 14.8 Å². The first-order valence-corrected chi connectivity index (χ1v) is 9.37. The number of carbonyl (C=O) groups is 1. The van der Waals surface area contributed by atoms with Crippen LogP contribution in [0.3, 0.4) is 0 Å². The van der Waals surface area contributed by atoms with Gasteiger partial charge < -0.3 is 10.6 Å². The van der Waals surface area contributed by atoms with Crippen LogP contribution in [0.2, 0.25) is 0 Å². The Bertz CT molecular complexity index is 663. The zero-order valence-electron chi connectivity index (χ0n) is 12.5. The van der Waals surface area contributed by atoms with E-state index in [-0.39, 0.29) is 22.8 Å². The van der Waals surface area contributed by atoms with Crippen LogP contribution in [0.15, 0.2) is 27.6 Å². The van der Waals surface area contributed by atoms with Crippen molar-refractivity contribution in [3.8, 4) is 0 Å². The van der Waals surface area contributed by atoms with Gasteiger partial charge in [-0.1, -0.05) is 6.92 Å². The van der Waals surface area contributed by atoms with Crippen molar-refractivity contribution in [3.05, 3.63) is 22.7 Å². The third-order valence-corrected chi connectivity index (χ3v) is 5.84. The molecule has 0 spiro atoms. The van der Waals surface area contributed by atoms with Gasteiger partial charge in [0.25, 0.3) is 0 Å². The van der Waals surface area contributed by atoms with E-state index in [4.69, 9.17) is 0 Å². The molecular weight excluding hydrogens is 370 g/mol. The van der Waals surface area contributed by atoms with Crippen molar-refractivity contribution in [2.24, 2.45) is 5.92 Å². The summed E-state index contributed by atoms with van der Waals surface area (Å²) >= 11 is 3.29. The molecule has 0 aromatic heterocycles. The summed E-state index contributed by atoms with van der Waals surface area (Å²) in [6.45, 7) is 4.99. The second-order valence-electron chi connectivity index (χ2n) is 5.52. The molecule has 1 fully saturated rings. The van der Waals surface area contributed by atoms with Crippen LogP contribution in [0.1, 0.15) is 20.3 Å². The van der Waals surface area contributed by atoms with Gasteiger partial charge in [0, 0.05) is 24.0 Å². The van der Waals surface area contributed by atoms with E-state index < -0.39 is 10.0 Å². The molecule has 1 heterocycles. The van der Waals surface area contributed by atoms with E-state index in [1.165, 1.54) is 19.1 Å². The average Bonchev–Trinajstić information content (AvgIpc) is 2.43. The minimum absolute atomic E-state index is 0.118. The summed E-state index contributed by atoms with van der Waals surface area (Å²) in [6, 6.07) is 4.43. The van der Waals surface area contributed by atoms with Crippen LogP contribution in [0.25, 0.3) is 0 Å². The van der Waals surface area contributed by atoms with Crippen molar-refractivity contribution in [1.29, 1.82) is 0 Å². The fraction of sp³-hybridized carbons (Fsp3) is 0.500. The molecule has 2 atom stereocenters. The lowest BCUT2D eigenvalue weighted by Crippen LogP contribution is -2.50. The second kappa shape index (κ2) is 7.08. The Kier molecular flexibility index (Phi) is 5.60. The van der Waals surface area contributed by atoms with Gasteiger partial charge in [0.05, 0.1) is 10.6 Å². The van der Waals surface area contributed by atoms with Gasteiger partial charge in [0.2, 0.25) is 15.9 Å². The number of benzene rings is 1. The van der Waals surface area contributed by atoms with Crippen molar-refractivity contribution in [2.75, 3.05) is 18.4 Å². The van der Waals surface area contributed by atoms with Crippen LogP contribution in [0.4, 0.5) is 5.69 Å².